The van der Waals surface area contributed by atoms with E-state index in [1.54, 1.807) is 18.2 Å². The molecule has 2 N–H and O–H groups in total. The highest BCUT2D eigenvalue weighted by molar-refractivity contribution is 7.89. The Hall–Kier alpha value is -0.290. The van der Waals surface area contributed by atoms with Crippen molar-refractivity contribution in [3.8, 4) is 0 Å². The summed E-state index contributed by atoms with van der Waals surface area (Å²) in [6.07, 6.45) is -5.45. The van der Waals surface area contributed by atoms with E-state index in [2.05, 4.69) is 5.32 Å². The average molecular weight is 458 g/mol. The van der Waals surface area contributed by atoms with Crippen LogP contribution in [0.15, 0.2) is 18.2 Å². The number of hydrogen-bond donors (Lipinski definition) is 2. The van der Waals surface area contributed by atoms with Crippen LogP contribution < -0.4 is 10.0 Å². The summed E-state index contributed by atoms with van der Waals surface area (Å²) in [6.45, 7) is 1.04. The third-order valence-corrected chi connectivity index (χ3v) is 5.71. The summed E-state index contributed by atoms with van der Waals surface area (Å²) in [6, 6.07) is 4.98. The summed E-state index contributed by atoms with van der Waals surface area (Å²) in [5.41, 5.74) is 0.754. The summed E-state index contributed by atoms with van der Waals surface area (Å²) in [4.78, 5) is 0. The van der Waals surface area contributed by atoms with E-state index in [0.717, 1.165) is 5.56 Å². The SMILES string of the molecule is Cl.O=S(=O)(CC(F)(F)F)NC[C@H]1OCCNC[C@H]1c1ccc(Cl)c(Cl)c1. The van der Waals surface area contributed by atoms with E-state index in [-0.39, 0.29) is 24.9 Å². The number of ether oxygens (including phenoxy) is 1. The molecule has 0 bridgehead atoms. The van der Waals surface area contributed by atoms with Crippen LogP contribution in [0.3, 0.4) is 0 Å². The normalized spacial score (nSPS) is 21.7. The van der Waals surface area contributed by atoms with Crippen LogP contribution in [0.5, 0.6) is 0 Å². The van der Waals surface area contributed by atoms with E-state index >= 15 is 0 Å². The van der Waals surface area contributed by atoms with Gasteiger partial charge in [0.05, 0.1) is 22.8 Å². The number of alkyl halides is 3. The summed E-state index contributed by atoms with van der Waals surface area (Å²) < 4.78 is 67.7. The van der Waals surface area contributed by atoms with E-state index in [1.807, 2.05) is 4.72 Å². The third kappa shape index (κ3) is 7.38. The number of sulfonamides is 1. The monoisotopic (exact) mass is 456 g/mol. The molecular formula is C14H18Cl3F3N2O3S. The smallest absolute Gasteiger partial charge is 0.375 e. The van der Waals surface area contributed by atoms with Gasteiger partial charge in [-0.3, -0.25) is 0 Å². The van der Waals surface area contributed by atoms with Crippen LogP contribution in [0, 0.1) is 0 Å². The van der Waals surface area contributed by atoms with Crippen molar-refractivity contribution in [1.82, 2.24) is 10.0 Å². The summed E-state index contributed by atoms with van der Waals surface area (Å²) in [5.74, 6) is -2.23. The maximum absolute atomic E-state index is 12.3. The second kappa shape index (κ2) is 9.77. The molecule has 150 valence electrons. The minimum absolute atomic E-state index is 0. The van der Waals surface area contributed by atoms with Gasteiger partial charge in [0.1, 0.15) is 0 Å². The van der Waals surface area contributed by atoms with Crippen LogP contribution in [0.2, 0.25) is 10.0 Å². The average Bonchev–Trinajstić information content (AvgIpc) is 2.71. The molecule has 1 saturated heterocycles. The molecule has 1 heterocycles. The Labute approximate surface area is 166 Å². The predicted octanol–water partition coefficient (Wildman–Crippen LogP) is 2.97. The van der Waals surface area contributed by atoms with Crippen molar-refractivity contribution in [2.75, 3.05) is 32.0 Å². The van der Waals surface area contributed by atoms with Crippen molar-refractivity contribution in [3.05, 3.63) is 33.8 Å². The van der Waals surface area contributed by atoms with E-state index in [9.17, 15) is 21.6 Å². The first kappa shape index (κ1) is 23.7. The van der Waals surface area contributed by atoms with Crippen LogP contribution in [0.25, 0.3) is 0 Å². The van der Waals surface area contributed by atoms with Crippen molar-refractivity contribution < 1.29 is 26.3 Å². The first-order chi connectivity index (χ1) is 11.6. The van der Waals surface area contributed by atoms with Gasteiger partial charge in [0.2, 0.25) is 10.0 Å². The molecule has 0 spiro atoms. The lowest BCUT2D eigenvalue weighted by molar-refractivity contribution is -0.106. The van der Waals surface area contributed by atoms with Gasteiger partial charge >= 0.3 is 6.18 Å². The third-order valence-electron chi connectivity index (χ3n) is 3.65. The first-order valence-corrected chi connectivity index (χ1v) is 9.79. The van der Waals surface area contributed by atoms with E-state index in [4.69, 9.17) is 27.9 Å². The zero-order valence-electron chi connectivity index (χ0n) is 13.4. The maximum atomic E-state index is 12.3. The van der Waals surface area contributed by atoms with Crippen LogP contribution >= 0.6 is 35.6 Å². The zero-order valence-corrected chi connectivity index (χ0v) is 16.5. The Balaban J connectivity index is 0.00000338. The minimum atomic E-state index is -4.80. The minimum Gasteiger partial charge on any atom is -0.375 e. The van der Waals surface area contributed by atoms with Gasteiger partial charge in [0.25, 0.3) is 0 Å². The van der Waals surface area contributed by atoms with Gasteiger partial charge in [-0.15, -0.1) is 12.4 Å². The van der Waals surface area contributed by atoms with E-state index in [0.29, 0.717) is 29.7 Å². The Bertz CT molecular complexity index is 704. The van der Waals surface area contributed by atoms with Gasteiger partial charge in [0, 0.05) is 25.6 Å². The molecule has 0 unspecified atom stereocenters. The van der Waals surface area contributed by atoms with Crippen molar-refractivity contribution in [3.63, 3.8) is 0 Å². The van der Waals surface area contributed by atoms with Gasteiger partial charge in [-0.2, -0.15) is 13.2 Å². The molecule has 1 aromatic rings. The zero-order chi connectivity index (χ0) is 18.7. The summed E-state index contributed by atoms with van der Waals surface area (Å²) in [7, 11) is -4.49. The van der Waals surface area contributed by atoms with Crippen molar-refractivity contribution in [2.24, 2.45) is 0 Å². The van der Waals surface area contributed by atoms with Crippen LogP contribution in [0.1, 0.15) is 11.5 Å². The van der Waals surface area contributed by atoms with E-state index < -0.39 is 28.1 Å². The molecule has 1 aliphatic heterocycles. The highest BCUT2D eigenvalue weighted by atomic mass is 35.5. The first-order valence-electron chi connectivity index (χ1n) is 7.39. The Kier molecular flexibility index (Phi) is 8.92. The highest BCUT2D eigenvalue weighted by Gasteiger charge is 2.36. The maximum Gasteiger partial charge on any atom is 0.404 e. The van der Waals surface area contributed by atoms with Gasteiger partial charge in [-0.1, -0.05) is 29.3 Å². The van der Waals surface area contributed by atoms with Crippen molar-refractivity contribution >= 4 is 45.6 Å². The Morgan fingerprint density at radius 3 is 2.58 bits per heavy atom. The van der Waals surface area contributed by atoms with Gasteiger partial charge in [0.15, 0.2) is 5.75 Å². The number of nitrogens with one attached hydrogen (secondary N) is 2. The molecular weight excluding hydrogens is 440 g/mol. The number of hydrogen-bond acceptors (Lipinski definition) is 4. The molecule has 2 atom stereocenters. The number of benzene rings is 1. The molecule has 0 saturated carbocycles. The molecule has 0 radical (unpaired) electrons. The Morgan fingerprint density at radius 1 is 1.27 bits per heavy atom. The predicted molar refractivity (Wildman–Crippen MR) is 96.9 cm³/mol. The number of rotatable bonds is 5. The molecule has 5 nitrogen and oxygen atoms in total. The van der Waals surface area contributed by atoms with Crippen LogP contribution in [-0.2, 0) is 14.8 Å². The summed E-state index contributed by atoms with van der Waals surface area (Å²) in [5, 5.41) is 3.84. The molecule has 12 heteroatoms. The summed E-state index contributed by atoms with van der Waals surface area (Å²) >= 11 is 11.9. The fraction of sp³-hybridized carbons (Fsp3) is 0.571. The molecule has 1 aromatic carbocycles. The van der Waals surface area contributed by atoms with Crippen LogP contribution in [-0.4, -0.2) is 52.7 Å². The van der Waals surface area contributed by atoms with Gasteiger partial charge in [-0.05, 0) is 17.7 Å². The quantitative estimate of drug-likeness (QED) is 0.713. The van der Waals surface area contributed by atoms with Crippen LogP contribution in [0.4, 0.5) is 13.2 Å². The molecule has 1 aliphatic rings. The van der Waals surface area contributed by atoms with Crippen molar-refractivity contribution in [1.29, 1.82) is 0 Å². The second-order valence-corrected chi connectivity index (χ2v) is 8.24. The molecule has 0 aliphatic carbocycles. The van der Waals surface area contributed by atoms with Crippen molar-refractivity contribution in [2.45, 2.75) is 18.2 Å². The van der Waals surface area contributed by atoms with E-state index in [1.165, 1.54) is 0 Å². The lowest BCUT2D eigenvalue weighted by Gasteiger charge is -2.25. The lowest BCUT2D eigenvalue weighted by atomic mass is 9.93. The Morgan fingerprint density at radius 2 is 1.96 bits per heavy atom. The molecule has 0 amide bonds. The highest BCUT2D eigenvalue weighted by Crippen LogP contribution is 2.29. The van der Waals surface area contributed by atoms with Gasteiger partial charge in [-0.25, -0.2) is 13.1 Å². The molecule has 26 heavy (non-hydrogen) atoms. The molecule has 0 aromatic heterocycles. The standard InChI is InChI=1S/C14H17Cl2F3N2O3S.ClH/c15-11-2-1-9(5-12(11)16)10-6-20-3-4-24-13(10)7-21-25(22,23)8-14(17,18)19;/h1-2,5,10,13,20-21H,3-4,6-8H2;1H/t10-,13+;/m0./s1. The fourth-order valence-electron chi connectivity index (χ4n) is 2.54. The number of halogens is 6. The topological polar surface area (TPSA) is 67.4 Å². The molecule has 2 rings (SSSR count). The lowest BCUT2D eigenvalue weighted by Crippen LogP contribution is -2.41. The fourth-order valence-corrected chi connectivity index (χ4v) is 3.80. The van der Waals surface area contributed by atoms with Gasteiger partial charge < -0.3 is 10.1 Å². The second-order valence-electron chi connectivity index (χ2n) is 5.62. The largest absolute Gasteiger partial charge is 0.404 e. The molecule has 1 fully saturated rings.